The fourth-order valence-electron chi connectivity index (χ4n) is 3.24. The zero-order valence-electron chi connectivity index (χ0n) is 15.8. The Morgan fingerprint density at radius 3 is 2.41 bits per heavy atom. The number of hydrogen-bond acceptors (Lipinski definition) is 6. The Balaban J connectivity index is 1.78. The largest absolute Gasteiger partial charge is 0.478 e. The first-order valence-electron chi connectivity index (χ1n) is 9.20. The van der Waals surface area contributed by atoms with Crippen LogP contribution in [0.1, 0.15) is 16.8 Å². The van der Waals surface area contributed by atoms with Crippen LogP contribution < -0.4 is 9.62 Å². The fourth-order valence-corrected chi connectivity index (χ4v) is 4.34. The van der Waals surface area contributed by atoms with Crippen LogP contribution in [0.4, 0.5) is 11.4 Å². The molecule has 152 valence electrons. The van der Waals surface area contributed by atoms with E-state index >= 15 is 0 Å². The van der Waals surface area contributed by atoms with E-state index in [4.69, 9.17) is 5.26 Å². The summed E-state index contributed by atoms with van der Waals surface area (Å²) in [5.41, 5.74) is 0.650. The summed E-state index contributed by atoms with van der Waals surface area (Å²) >= 11 is 0. The Morgan fingerprint density at radius 2 is 1.79 bits per heavy atom. The fraction of sp³-hybridized carbons (Fsp3) is 0.300. The maximum Gasteiger partial charge on any atom is 0.337 e. The standard InChI is InChI=1S/C20H22N4O4S/c21-9-4-10-23-11-13-24(14-12-23)16-7-8-19(18(15-16)20(25)26)22-29(27,28)17-5-2-1-3-6-17/h1-3,5-8,15,22H,4,10-14H2,(H,25,26). The van der Waals surface area contributed by atoms with Crippen LogP contribution in [-0.2, 0) is 10.0 Å². The minimum Gasteiger partial charge on any atom is -0.478 e. The van der Waals surface area contributed by atoms with Crippen molar-refractivity contribution in [3.8, 4) is 6.07 Å². The molecule has 1 saturated heterocycles. The van der Waals surface area contributed by atoms with Gasteiger partial charge in [0.2, 0.25) is 0 Å². The van der Waals surface area contributed by atoms with Gasteiger partial charge in [-0.3, -0.25) is 9.62 Å². The van der Waals surface area contributed by atoms with Gasteiger partial charge in [0.15, 0.2) is 0 Å². The molecule has 2 aromatic rings. The van der Waals surface area contributed by atoms with Gasteiger partial charge in [-0.2, -0.15) is 5.26 Å². The molecule has 0 unspecified atom stereocenters. The highest BCUT2D eigenvalue weighted by Gasteiger charge is 2.22. The van der Waals surface area contributed by atoms with Gasteiger partial charge in [-0.1, -0.05) is 18.2 Å². The average Bonchev–Trinajstić information content (AvgIpc) is 2.73. The van der Waals surface area contributed by atoms with Gasteiger partial charge in [0.1, 0.15) is 0 Å². The van der Waals surface area contributed by atoms with E-state index < -0.39 is 16.0 Å². The first kappa shape index (κ1) is 20.6. The van der Waals surface area contributed by atoms with Crippen molar-refractivity contribution >= 4 is 27.4 Å². The number of carbonyl (C=O) groups is 1. The molecular formula is C20H22N4O4S. The van der Waals surface area contributed by atoms with Gasteiger partial charge in [-0.25, -0.2) is 13.2 Å². The van der Waals surface area contributed by atoms with E-state index in [0.29, 0.717) is 19.5 Å². The minimum atomic E-state index is -3.88. The first-order chi connectivity index (χ1) is 13.9. The normalized spacial score (nSPS) is 14.9. The Kier molecular flexibility index (Phi) is 6.36. The molecule has 8 nitrogen and oxygen atoms in total. The molecule has 0 spiro atoms. The highest BCUT2D eigenvalue weighted by molar-refractivity contribution is 7.92. The molecule has 0 bridgehead atoms. The van der Waals surface area contributed by atoms with Crippen LogP contribution in [0.25, 0.3) is 0 Å². The summed E-state index contributed by atoms with van der Waals surface area (Å²) in [5, 5.41) is 18.3. The second-order valence-corrected chi connectivity index (χ2v) is 8.37. The number of anilines is 2. The molecule has 9 heteroatoms. The molecule has 0 saturated carbocycles. The summed E-state index contributed by atoms with van der Waals surface area (Å²) < 4.78 is 27.5. The number of carboxylic acids is 1. The Bertz CT molecular complexity index is 1010. The number of benzene rings is 2. The van der Waals surface area contributed by atoms with E-state index in [2.05, 4.69) is 20.6 Å². The van der Waals surface area contributed by atoms with Crippen LogP contribution >= 0.6 is 0 Å². The monoisotopic (exact) mass is 414 g/mol. The zero-order valence-corrected chi connectivity index (χ0v) is 16.6. The lowest BCUT2D eigenvalue weighted by molar-refractivity contribution is 0.0698. The number of nitrogens with one attached hydrogen (secondary N) is 1. The third-order valence-electron chi connectivity index (χ3n) is 4.81. The van der Waals surface area contributed by atoms with Crippen molar-refractivity contribution < 1.29 is 18.3 Å². The average molecular weight is 414 g/mol. The number of sulfonamides is 1. The lowest BCUT2D eigenvalue weighted by atomic mass is 10.1. The number of rotatable bonds is 7. The summed E-state index contributed by atoms with van der Waals surface area (Å²) in [7, 11) is -3.88. The third-order valence-corrected chi connectivity index (χ3v) is 6.19. The van der Waals surface area contributed by atoms with Crippen molar-refractivity contribution in [3.63, 3.8) is 0 Å². The first-order valence-corrected chi connectivity index (χ1v) is 10.7. The summed E-state index contributed by atoms with van der Waals surface area (Å²) in [5.74, 6) is -1.20. The van der Waals surface area contributed by atoms with Gasteiger partial charge in [0.25, 0.3) is 10.0 Å². The minimum absolute atomic E-state index is 0.0257. The van der Waals surface area contributed by atoms with Crippen LogP contribution in [0.2, 0.25) is 0 Å². The molecule has 0 radical (unpaired) electrons. The number of carboxylic acid groups (broad SMARTS) is 1. The molecular weight excluding hydrogens is 392 g/mol. The number of aromatic carboxylic acids is 1. The molecule has 1 aliphatic rings. The van der Waals surface area contributed by atoms with Gasteiger partial charge in [-0.15, -0.1) is 0 Å². The molecule has 0 amide bonds. The van der Waals surface area contributed by atoms with Crippen LogP contribution in [0.5, 0.6) is 0 Å². The van der Waals surface area contributed by atoms with Crippen molar-refractivity contribution in [2.45, 2.75) is 11.3 Å². The Morgan fingerprint density at radius 1 is 1.10 bits per heavy atom. The SMILES string of the molecule is N#CCCN1CCN(c2ccc(NS(=O)(=O)c3ccccc3)c(C(=O)O)c2)CC1. The zero-order chi connectivity index (χ0) is 20.9. The number of piperazine rings is 1. The van der Waals surface area contributed by atoms with Crippen LogP contribution in [0, 0.1) is 11.3 Å². The van der Waals surface area contributed by atoms with E-state index in [1.807, 2.05) is 0 Å². The molecule has 2 N–H and O–H groups in total. The van der Waals surface area contributed by atoms with E-state index in [-0.39, 0.29) is 16.1 Å². The molecule has 3 rings (SSSR count). The molecule has 1 aliphatic heterocycles. The van der Waals surface area contributed by atoms with Crippen LogP contribution in [0.15, 0.2) is 53.4 Å². The molecule has 1 heterocycles. The predicted octanol–water partition coefficient (Wildman–Crippen LogP) is 2.22. The van der Waals surface area contributed by atoms with Crippen molar-refractivity contribution in [3.05, 3.63) is 54.1 Å². The van der Waals surface area contributed by atoms with Gasteiger partial charge < -0.3 is 10.0 Å². The van der Waals surface area contributed by atoms with Gasteiger partial charge >= 0.3 is 5.97 Å². The van der Waals surface area contributed by atoms with E-state index in [9.17, 15) is 18.3 Å². The second-order valence-electron chi connectivity index (χ2n) is 6.69. The van der Waals surface area contributed by atoms with E-state index in [0.717, 1.165) is 25.3 Å². The van der Waals surface area contributed by atoms with E-state index in [1.165, 1.54) is 24.3 Å². The molecule has 0 aliphatic carbocycles. The van der Waals surface area contributed by atoms with Crippen molar-refractivity contribution in [2.75, 3.05) is 42.3 Å². The van der Waals surface area contributed by atoms with Gasteiger partial charge in [0, 0.05) is 44.8 Å². The Labute approximate surface area is 170 Å². The number of hydrogen-bond donors (Lipinski definition) is 2. The molecule has 1 fully saturated rings. The highest BCUT2D eigenvalue weighted by atomic mass is 32.2. The molecule has 0 aromatic heterocycles. The third kappa shape index (κ3) is 5.04. The maximum absolute atomic E-state index is 12.5. The van der Waals surface area contributed by atoms with Crippen molar-refractivity contribution in [2.24, 2.45) is 0 Å². The summed E-state index contributed by atoms with van der Waals surface area (Å²) in [6.07, 6.45) is 0.486. The van der Waals surface area contributed by atoms with Crippen molar-refractivity contribution in [1.29, 1.82) is 5.26 Å². The summed E-state index contributed by atoms with van der Waals surface area (Å²) in [6, 6.07) is 14.6. The summed E-state index contributed by atoms with van der Waals surface area (Å²) in [4.78, 5) is 16.1. The lowest BCUT2D eigenvalue weighted by Gasteiger charge is -2.36. The number of nitrogens with zero attached hydrogens (tertiary/aromatic N) is 3. The molecule has 2 aromatic carbocycles. The predicted molar refractivity (Wildman–Crippen MR) is 110 cm³/mol. The Hall–Kier alpha value is -3.09. The molecule has 29 heavy (non-hydrogen) atoms. The van der Waals surface area contributed by atoms with Gasteiger partial charge in [0.05, 0.1) is 22.2 Å². The van der Waals surface area contributed by atoms with Gasteiger partial charge in [-0.05, 0) is 30.3 Å². The number of nitriles is 1. The topological polar surface area (TPSA) is 114 Å². The second kappa shape index (κ2) is 8.94. The lowest BCUT2D eigenvalue weighted by Crippen LogP contribution is -2.46. The van der Waals surface area contributed by atoms with Crippen LogP contribution in [0.3, 0.4) is 0 Å². The summed E-state index contributed by atoms with van der Waals surface area (Å²) in [6.45, 7) is 3.71. The molecule has 0 atom stereocenters. The van der Waals surface area contributed by atoms with Crippen LogP contribution in [-0.4, -0.2) is 57.1 Å². The highest BCUT2D eigenvalue weighted by Crippen LogP contribution is 2.26. The van der Waals surface area contributed by atoms with E-state index in [1.54, 1.807) is 24.3 Å². The maximum atomic E-state index is 12.5. The van der Waals surface area contributed by atoms with Crippen molar-refractivity contribution in [1.82, 2.24) is 4.90 Å². The smallest absolute Gasteiger partial charge is 0.337 e. The quantitative estimate of drug-likeness (QED) is 0.714.